The second-order valence-electron chi connectivity index (χ2n) is 3.70. The first kappa shape index (κ1) is 11.3. The number of hydrogen-bond acceptors (Lipinski definition) is 1. The van der Waals surface area contributed by atoms with Crippen molar-refractivity contribution in [3.63, 3.8) is 0 Å². The van der Waals surface area contributed by atoms with Gasteiger partial charge in [-0.3, -0.25) is 0 Å². The van der Waals surface area contributed by atoms with E-state index in [0.29, 0.717) is 0 Å². The minimum Gasteiger partial charge on any atom is -0.316 e. The number of nitrogens with two attached hydrogens (primary N) is 1. The van der Waals surface area contributed by atoms with Crippen LogP contribution in [-0.2, 0) is 5.54 Å². The molecule has 1 saturated carbocycles. The van der Waals surface area contributed by atoms with Gasteiger partial charge in [0.2, 0.25) is 0 Å². The fourth-order valence-corrected chi connectivity index (χ4v) is 1.50. The van der Waals surface area contributed by atoms with Crippen molar-refractivity contribution < 1.29 is 26.3 Å². The molecule has 0 amide bonds. The molecule has 1 atom stereocenters. The van der Waals surface area contributed by atoms with Crippen LogP contribution < -0.4 is 5.73 Å². The molecule has 16 heavy (non-hydrogen) atoms. The first-order chi connectivity index (χ1) is 7.21. The summed E-state index contributed by atoms with van der Waals surface area (Å²) in [4.78, 5) is 0. The third-order valence-electron chi connectivity index (χ3n) is 2.61. The molecule has 2 rings (SSSR count). The van der Waals surface area contributed by atoms with E-state index in [-0.39, 0.29) is 6.07 Å². The van der Waals surface area contributed by atoms with Crippen LogP contribution in [0.25, 0.3) is 0 Å². The summed E-state index contributed by atoms with van der Waals surface area (Å²) in [5, 5.41) is 0. The highest BCUT2D eigenvalue weighted by molar-refractivity contribution is 5.38. The van der Waals surface area contributed by atoms with Gasteiger partial charge in [0.25, 0.3) is 5.92 Å². The highest BCUT2D eigenvalue weighted by atomic mass is 19.3. The average molecular weight is 241 g/mol. The van der Waals surface area contributed by atoms with Crippen LogP contribution >= 0.6 is 0 Å². The zero-order valence-electron chi connectivity index (χ0n) is 7.63. The molecule has 0 spiro atoms. The Balaban J connectivity index is 2.61. The second kappa shape index (κ2) is 2.91. The largest absolute Gasteiger partial charge is 0.316 e. The molecule has 1 aliphatic carbocycles. The Morgan fingerprint density at radius 3 is 1.94 bits per heavy atom. The summed E-state index contributed by atoms with van der Waals surface area (Å²) in [6.07, 6.45) is -0.929. The zero-order chi connectivity index (χ0) is 12.3. The summed E-state index contributed by atoms with van der Waals surface area (Å²) < 4.78 is 76.8. The van der Waals surface area contributed by atoms with E-state index in [1.807, 2.05) is 0 Å². The predicted octanol–water partition coefficient (Wildman–Crippen LogP) is 2.44. The van der Waals surface area contributed by atoms with Crippen molar-refractivity contribution in [2.24, 2.45) is 5.73 Å². The molecule has 0 heterocycles. The molecule has 1 aliphatic rings. The van der Waals surface area contributed by atoms with Crippen LogP contribution in [-0.4, -0.2) is 5.92 Å². The Bertz CT molecular complexity index is 472. The van der Waals surface area contributed by atoms with Crippen molar-refractivity contribution >= 4 is 0 Å². The molecule has 1 aromatic rings. The summed E-state index contributed by atoms with van der Waals surface area (Å²) in [6.45, 7) is 0. The van der Waals surface area contributed by atoms with E-state index >= 15 is 0 Å². The molecule has 1 nitrogen and oxygen atoms in total. The normalized spacial score (nSPS) is 26.9. The molecule has 1 unspecified atom stereocenters. The van der Waals surface area contributed by atoms with Crippen molar-refractivity contribution in [1.29, 1.82) is 0 Å². The zero-order valence-corrected chi connectivity index (χ0v) is 7.63. The van der Waals surface area contributed by atoms with Crippen LogP contribution in [0.15, 0.2) is 6.07 Å². The maximum Gasteiger partial charge on any atom is 0.272 e. The molecular weight excluding hydrogens is 236 g/mol. The highest BCUT2D eigenvalue weighted by Crippen LogP contribution is 2.58. The molecule has 1 aromatic carbocycles. The first-order valence-electron chi connectivity index (χ1n) is 4.21. The lowest BCUT2D eigenvalue weighted by molar-refractivity contribution is 0.0878. The van der Waals surface area contributed by atoms with Crippen LogP contribution in [0.4, 0.5) is 26.3 Å². The van der Waals surface area contributed by atoms with Crippen molar-refractivity contribution in [3.05, 3.63) is 34.9 Å². The van der Waals surface area contributed by atoms with Crippen LogP contribution in [0.3, 0.4) is 0 Å². The van der Waals surface area contributed by atoms with Crippen molar-refractivity contribution in [1.82, 2.24) is 0 Å². The predicted molar refractivity (Wildman–Crippen MR) is 41.7 cm³/mol. The summed E-state index contributed by atoms with van der Waals surface area (Å²) in [7, 11) is 0. The van der Waals surface area contributed by atoms with Gasteiger partial charge in [0.1, 0.15) is 5.54 Å². The van der Waals surface area contributed by atoms with Gasteiger partial charge in [0.15, 0.2) is 23.3 Å². The number of halogens is 6. The molecule has 0 saturated heterocycles. The lowest BCUT2D eigenvalue weighted by Crippen LogP contribution is -2.29. The third kappa shape index (κ3) is 1.24. The standard InChI is InChI=1S/C9H5F6N/c10-4-1-3(5(11)7(13)6(4)12)8(16)2-9(8,14)15/h1H,2,16H2. The number of benzene rings is 1. The van der Waals surface area contributed by atoms with Crippen molar-refractivity contribution in [2.45, 2.75) is 17.9 Å². The van der Waals surface area contributed by atoms with Gasteiger partial charge in [-0.1, -0.05) is 0 Å². The minimum absolute atomic E-state index is 0.161. The van der Waals surface area contributed by atoms with Crippen LogP contribution in [0.2, 0.25) is 0 Å². The summed E-state index contributed by atoms with van der Waals surface area (Å²) in [5.41, 5.74) is 1.59. The second-order valence-corrected chi connectivity index (χ2v) is 3.70. The Kier molecular flexibility index (Phi) is 2.04. The van der Waals surface area contributed by atoms with E-state index in [0.717, 1.165) is 0 Å². The topological polar surface area (TPSA) is 26.0 Å². The van der Waals surface area contributed by atoms with Gasteiger partial charge in [0.05, 0.1) is 0 Å². The number of rotatable bonds is 1. The van der Waals surface area contributed by atoms with Crippen molar-refractivity contribution in [3.8, 4) is 0 Å². The molecule has 0 aromatic heterocycles. The maximum absolute atomic E-state index is 13.1. The lowest BCUT2D eigenvalue weighted by atomic mass is 10.0. The van der Waals surface area contributed by atoms with Crippen LogP contribution in [0.1, 0.15) is 12.0 Å². The van der Waals surface area contributed by atoms with E-state index in [1.165, 1.54) is 0 Å². The SMILES string of the molecule is NC1(c2cc(F)c(F)c(F)c2F)CC1(F)F. The molecule has 0 aliphatic heterocycles. The number of hydrogen-bond donors (Lipinski definition) is 1. The van der Waals surface area contributed by atoms with Gasteiger partial charge in [-0.15, -0.1) is 0 Å². The van der Waals surface area contributed by atoms with Crippen LogP contribution in [0.5, 0.6) is 0 Å². The van der Waals surface area contributed by atoms with E-state index < -0.39 is 46.7 Å². The highest BCUT2D eigenvalue weighted by Gasteiger charge is 2.71. The van der Waals surface area contributed by atoms with Gasteiger partial charge in [0, 0.05) is 12.0 Å². The van der Waals surface area contributed by atoms with Gasteiger partial charge in [-0.05, 0) is 6.07 Å². The van der Waals surface area contributed by atoms with Crippen LogP contribution in [0, 0.1) is 23.3 Å². The smallest absolute Gasteiger partial charge is 0.272 e. The number of alkyl halides is 2. The summed E-state index contributed by atoms with van der Waals surface area (Å²) in [5.74, 6) is -11.2. The van der Waals surface area contributed by atoms with Gasteiger partial charge >= 0.3 is 0 Å². The first-order valence-corrected chi connectivity index (χ1v) is 4.21. The average Bonchev–Trinajstić information content (AvgIpc) is 2.69. The third-order valence-corrected chi connectivity index (χ3v) is 2.61. The summed E-state index contributed by atoms with van der Waals surface area (Å²) in [6, 6.07) is 0.161. The Morgan fingerprint density at radius 2 is 1.50 bits per heavy atom. The molecular formula is C9H5F6N. The fraction of sp³-hybridized carbons (Fsp3) is 0.333. The molecule has 0 bridgehead atoms. The molecule has 1 fully saturated rings. The van der Waals surface area contributed by atoms with Gasteiger partial charge < -0.3 is 5.73 Å². The fourth-order valence-electron chi connectivity index (χ4n) is 1.50. The molecule has 2 N–H and O–H groups in total. The Labute approximate surface area is 85.9 Å². The molecule has 0 radical (unpaired) electrons. The lowest BCUT2D eigenvalue weighted by Gasteiger charge is -2.12. The Hall–Kier alpha value is -1.24. The van der Waals surface area contributed by atoms with E-state index in [2.05, 4.69) is 0 Å². The van der Waals surface area contributed by atoms with E-state index in [9.17, 15) is 26.3 Å². The van der Waals surface area contributed by atoms with E-state index in [1.54, 1.807) is 0 Å². The molecule has 88 valence electrons. The summed E-state index contributed by atoms with van der Waals surface area (Å²) >= 11 is 0. The van der Waals surface area contributed by atoms with Gasteiger partial charge in [-0.2, -0.15) is 0 Å². The maximum atomic E-state index is 13.1. The molecule has 7 heteroatoms. The monoisotopic (exact) mass is 241 g/mol. The van der Waals surface area contributed by atoms with Gasteiger partial charge in [-0.25, -0.2) is 26.3 Å². The van der Waals surface area contributed by atoms with E-state index in [4.69, 9.17) is 5.73 Å². The minimum atomic E-state index is -3.44. The van der Waals surface area contributed by atoms with Crippen molar-refractivity contribution in [2.75, 3.05) is 0 Å². The quantitative estimate of drug-likeness (QED) is 0.456. The Morgan fingerprint density at radius 1 is 1.00 bits per heavy atom.